The molecule has 0 spiro atoms. The Bertz CT molecular complexity index is 324. The van der Waals surface area contributed by atoms with Crippen molar-refractivity contribution < 1.29 is 23.4 Å². The fourth-order valence-corrected chi connectivity index (χ4v) is 0.955. The lowest BCUT2D eigenvalue weighted by atomic mass is 10.3. The SMILES string of the molecule is Oc1cccc2c1OC(F)(F)O2. The first-order valence-electron chi connectivity index (χ1n) is 3.16. The number of phenols is 1. The van der Waals surface area contributed by atoms with Crippen LogP contribution >= 0.6 is 0 Å². The summed E-state index contributed by atoms with van der Waals surface area (Å²) >= 11 is 0. The Morgan fingerprint density at radius 3 is 2.67 bits per heavy atom. The molecule has 0 atom stereocenters. The first-order valence-corrected chi connectivity index (χ1v) is 3.16. The van der Waals surface area contributed by atoms with E-state index in [9.17, 15) is 8.78 Å². The fourth-order valence-electron chi connectivity index (χ4n) is 0.955. The Hall–Kier alpha value is -1.52. The fraction of sp³-hybridized carbons (Fsp3) is 0.143. The first-order chi connectivity index (χ1) is 5.58. The molecule has 3 nitrogen and oxygen atoms in total. The molecular formula is C7H4F2O3. The lowest BCUT2D eigenvalue weighted by Gasteiger charge is -2.04. The summed E-state index contributed by atoms with van der Waals surface area (Å²) in [6.07, 6.45) is -3.67. The molecule has 5 heteroatoms. The molecule has 64 valence electrons. The van der Waals surface area contributed by atoms with Gasteiger partial charge in [0, 0.05) is 0 Å². The summed E-state index contributed by atoms with van der Waals surface area (Å²) in [6, 6.07) is 3.92. The van der Waals surface area contributed by atoms with Gasteiger partial charge in [-0.3, -0.25) is 0 Å². The number of phenolic OH excluding ortho intramolecular Hbond substituents is 1. The van der Waals surface area contributed by atoms with Gasteiger partial charge in [0.2, 0.25) is 5.75 Å². The second-order valence-corrected chi connectivity index (χ2v) is 2.27. The van der Waals surface area contributed by atoms with Crippen molar-refractivity contribution in [3.63, 3.8) is 0 Å². The van der Waals surface area contributed by atoms with Crippen LogP contribution in [0.5, 0.6) is 17.2 Å². The molecule has 0 unspecified atom stereocenters. The van der Waals surface area contributed by atoms with Crippen LogP contribution in [0.15, 0.2) is 18.2 Å². The summed E-state index contributed by atoms with van der Waals surface area (Å²) in [6.45, 7) is 0. The summed E-state index contributed by atoms with van der Waals surface area (Å²) in [7, 11) is 0. The average Bonchev–Trinajstić information content (AvgIpc) is 2.25. The van der Waals surface area contributed by atoms with Crippen LogP contribution < -0.4 is 9.47 Å². The summed E-state index contributed by atoms with van der Waals surface area (Å²) in [5, 5.41) is 9.03. The lowest BCUT2D eigenvalue weighted by molar-refractivity contribution is -0.287. The molecule has 0 amide bonds. The van der Waals surface area contributed by atoms with Crippen LogP contribution in [0.3, 0.4) is 0 Å². The van der Waals surface area contributed by atoms with Crippen LogP contribution in [0.2, 0.25) is 0 Å². The second-order valence-electron chi connectivity index (χ2n) is 2.27. The van der Waals surface area contributed by atoms with Crippen molar-refractivity contribution >= 4 is 0 Å². The van der Waals surface area contributed by atoms with Gasteiger partial charge in [0.05, 0.1) is 0 Å². The zero-order valence-corrected chi connectivity index (χ0v) is 5.75. The van der Waals surface area contributed by atoms with Crippen molar-refractivity contribution in [1.82, 2.24) is 0 Å². The third-order valence-electron chi connectivity index (χ3n) is 1.41. The van der Waals surface area contributed by atoms with Crippen molar-refractivity contribution in [2.75, 3.05) is 0 Å². The summed E-state index contributed by atoms with van der Waals surface area (Å²) in [4.78, 5) is 0. The molecule has 0 saturated heterocycles. The predicted molar refractivity (Wildman–Crippen MR) is 34.3 cm³/mol. The number of benzene rings is 1. The van der Waals surface area contributed by atoms with E-state index in [1.54, 1.807) is 0 Å². The maximum atomic E-state index is 12.4. The van der Waals surface area contributed by atoms with Crippen LogP contribution in [0.4, 0.5) is 8.78 Å². The molecule has 1 N–H and O–H groups in total. The number of rotatable bonds is 0. The van der Waals surface area contributed by atoms with Gasteiger partial charge in [-0.2, -0.15) is 0 Å². The van der Waals surface area contributed by atoms with E-state index in [2.05, 4.69) is 9.47 Å². The molecule has 0 aliphatic carbocycles. The topological polar surface area (TPSA) is 38.7 Å². The molecule has 1 aromatic rings. The van der Waals surface area contributed by atoms with Gasteiger partial charge in [0.15, 0.2) is 11.5 Å². The number of hydrogen-bond acceptors (Lipinski definition) is 3. The van der Waals surface area contributed by atoms with E-state index in [0.29, 0.717) is 0 Å². The normalized spacial score (nSPS) is 17.8. The minimum atomic E-state index is -3.67. The molecule has 1 aliphatic rings. The highest BCUT2D eigenvalue weighted by molar-refractivity contribution is 5.52. The van der Waals surface area contributed by atoms with E-state index >= 15 is 0 Å². The molecule has 1 aromatic carbocycles. The maximum absolute atomic E-state index is 12.4. The summed E-state index contributed by atoms with van der Waals surface area (Å²) in [5.74, 6) is -0.827. The van der Waals surface area contributed by atoms with Gasteiger partial charge in [-0.15, -0.1) is 8.78 Å². The Labute approximate surface area is 66.1 Å². The molecule has 1 aliphatic heterocycles. The average molecular weight is 174 g/mol. The summed E-state index contributed by atoms with van der Waals surface area (Å²) in [5.41, 5.74) is 0. The Kier molecular flexibility index (Phi) is 1.19. The second kappa shape index (κ2) is 2.00. The largest absolute Gasteiger partial charge is 0.586 e. The highest BCUT2D eigenvalue weighted by Gasteiger charge is 2.44. The minimum Gasteiger partial charge on any atom is -0.504 e. The number of aromatic hydroxyl groups is 1. The van der Waals surface area contributed by atoms with Gasteiger partial charge in [-0.1, -0.05) is 6.07 Å². The Balaban J connectivity index is 2.48. The molecule has 1 heterocycles. The third-order valence-corrected chi connectivity index (χ3v) is 1.41. The van der Waals surface area contributed by atoms with Crippen LogP contribution in [0, 0.1) is 0 Å². The van der Waals surface area contributed by atoms with Gasteiger partial charge in [-0.25, -0.2) is 0 Å². The molecule has 0 aromatic heterocycles. The number of hydrogen-bond donors (Lipinski definition) is 1. The third kappa shape index (κ3) is 0.939. The van der Waals surface area contributed by atoms with Crippen molar-refractivity contribution in [2.45, 2.75) is 6.29 Å². The van der Waals surface area contributed by atoms with E-state index in [0.717, 1.165) is 0 Å². The standard InChI is InChI=1S/C7H4F2O3/c8-7(9)11-5-3-1-2-4(10)6(5)12-7/h1-3,10H. The maximum Gasteiger partial charge on any atom is 0.586 e. The quantitative estimate of drug-likeness (QED) is 0.650. The van der Waals surface area contributed by atoms with E-state index in [1.807, 2.05) is 0 Å². The zero-order chi connectivity index (χ0) is 8.77. The molecule has 2 rings (SSSR count). The van der Waals surface area contributed by atoms with E-state index in [1.165, 1.54) is 18.2 Å². The van der Waals surface area contributed by atoms with Crippen LogP contribution in [0.1, 0.15) is 0 Å². The van der Waals surface area contributed by atoms with Crippen molar-refractivity contribution in [3.8, 4) is 17.2 Å². The minimum absolute atomic E-state index is 0.153. The first kappa shape index (κ1) is 7.15. The number of fused-ring (bicyclic) bond motifs is 1. The Morgan fingerprint density at radius 1 is 1.25 bits per heavy atom. The highest BCUT2D eigenvalue weighted by atomic mass is 19.3. The zero-order valence-electron chi connectivity index (χ0n) is 5.75. The Morgan fingerprint density at radius 2 is 2.00 bits per heavy atom. The van der Waals surface area contributed by atoms with Gasteiger partial charge in [0.25, 0.3) is 0 Å². The van der Waals surface area contributed by atoms with Gasteiger partial charge in [0.1, 0.15) is 0 Å². The number of para-hydroxylation sites is 1. The van der Waals surface area contributed by atoms with Crippen molar-refractivity contribution in [2.24, 2.45) is 0 Å². The molecular weight excluding hydrogens is 170 g/mol. The smallest absolute Gasteiger partial charge is 0.504 e. The molecule has 0 bridgehead atoms. The number of ether oxygens (including phenoxy) is 2. The van der Waals surface area contributed by atoms with Crippen LogP contribution in [-0.2, 0) is 0 Å². The predicted octanol–water partition coefficient (Wildman–Crippen LogP) is 1.71. The lowest BCUT2D eigenvalue weighted by Crippen LogP contribution is -2.25. The molecule has 12 heavy (non-hydrogen) atoms. The molecule has 0 fully saturated rings. The van der Waals surface area contributed by atoms with E-state index in [4.69, 9.17) is 5.11 Å². The van der Waals surface area contributed by atoms with Gasteiger partial charge >= 0.3 is 6.29 Å². The van der Waals surface area contributed by atoms with E-state index < -0.39 is 6.29 Å². The molecule has 0 saturated carbocycles. The summed E-state index contributed by atoms with van der Waals surface area (Å²) < 4.78 is 32.8. The van der Waals surface area contributed by atoms with E-state index in [-0.39, 0.29) is 17.2 Å². The van der Waals surface area contributed by atoms with Crippen LogP contribution in [0.25, 0.3) is 0 Å². The molecule has 0 radical (unpaired) electrons. The monoisotopic (exact) mass is 174 g/mol. The van der Waals surface area contributed by atoms with Gasteiger partial charge < -0.3 is 14.6 Å². The van der Waals surface area contributed by atoms with Gasteiger partial charge in [-0.05, 0) is 12.1 Å². The van der Waals surface area contributed by atoms with Crippen molar-refractivity contribution in [1.29, 1.82) is 0 Å². The van der Waals surface area contributed by atoms with Crippen LogP contribution in [-0.4, -0.2) is 11.4 Å². The number of halogens is 2. The van der Waals surface area contributed by atoms with Crippen molar-refractivity contribution in [3.05, 3.63) is 18.2 Å². The highest BCUT2D eigenvalue weighted by Crippen LogP contribution is 2.46. The number of alkyl halides is 2.